The highest BCUT2D eigenvalue weighted by Gasteiger charge is 2.40. The van der Waals surface area contributed by atoms with Crippen LogP contribution >= 0.6 is 0 Å². The van der Waals surface area contributed by atoms with Crippen LogP contribution in [0.3, 0.4) is 0 Å². The minimum Gasteiger partial charge on any atom is -0.479 e. The summed E-state index contributed by atoms with van der Waals surface area (Å²) in [6.45, 7) is 2.24. The summed E-state index contributed by atoms with van der Waals surface area (Å²) in [6.07, 6.45) is -4.43. The zero-order chi connectivity index (χ0) is 19.5. The molecule has 1 aliphatic rings. The normalized spacial score (nSPS) is 16.9. The predicted octanol–water partition coefficient (Wildman–Crippen LogP) is 3.03. The zero-order valence-corrected chi connectivity index (χ0v) is 14.7. The van der Waals surface area contributed by atoms with E-state index in [1.165, 1.54) is 11.8 Å². The van der Waals surface area contributed by atoms with E-state index in [1.54, 1.807) is 7.11 Å². The number of halogens is 3. The molecule has 1 heterocycles. The second kappa shape index (κ2) is 7.94. The van der Waals surface area contributed by atoms with Crippen LogP contribution in [0.4, 0.5) is 18.9 Å². The van der Waals surface area contributed by atoms with E-state index < -0.39 is 29.4 Å². The molecule has 1 aromatic carbocycles. The molecule has 0 fully saturated rings. The number of ether oxygens (including phenoxy) is 3. The number of anilines is 1. The van der Waals surface area contributed by atoms with Gasteiger partial charge in [-0.3, -0.25) is 4.79 Å². The Hall–Kier alpha value is -2.29. The molecule has 144 valence electrons. The van der Waals surface area contributed by atoms with Crippen LogP contribution in [0.15, 0.2) is 12.1 Å². The molecule has 9 heteroatoms. The van der Waals surface area contributed by atoms with Crippen molar-refractivity contribution in [3.05, 3.63) is 23.3 Å². The number of esters is 1. The molecule has 26 heavy (non-hydrogen) atoms. The third kappa shape index (κ3) is 4.09. The second-order valence-electron chi connectivity index (χ2n) is 5.80. The number of benzene rings is 1. The van der Waals surface area contributed by atoms with Crippen molar-refractivity contribution in [2.75, 3.05) is 32.3 Å². The Morgan fingerprint density at radius 3 is 2.54 bits per heavy atom. The fraction of sp³-hybridized carbons (Fsp3) is 0.529. The maximum Gasteiger partial charge on any atom is 0.417 e. The van der Waals surface area contributed by atoms with Crippen molar-refractivity contribution in [1.29, 1.82) is 0 Å². The zero-order valence-electron chi connectivity index (χ0n) is 14.7. The molecule has 6 nitrogen and oxygen atoms in total. The van der Waals surface area contributed by atoms with Gasteiger partial charge < -0.3 is 19.1 Å². The van der Waals surface area contributed by atoms with Gasteiger partial charge in [0.2, 0.25) is 0 Å². The van der Waals surface area contributed by atoms with Gasteiger partial charge in [-0.25, -0.2) is 4.79 Å². The number of carbonyl (C=O) groups excluding carboxylic acids is 2. The molecule has 0 bridgehead atoms. The first-order valence-corrected chi connectivity index (χ1v) is 8.01. The van der Waals surface area contributed by atoms with Gasteiger partial charge in [0.25, 0.3) is 5.91 Å². The SMILES string of the molecule is COCCCCN1C(=O)C(C)Oc2cc(C(F)(F)F)c(C(=O)OC)cc21. The van der Waals surface area contributed by atoms with E-state index in [4.69, 9.17) is 9.47 Å². The van der Waals surface area contributed by atoms with E-state index in [2.05, 4.69) is 4.74 Å². The van der Waals surface area contributed by atoms with E-state index >= 15 is 0 Å². The molecule has 0 saturated heterocycles. The topological polar surface area (TPSA) is 65.1 Å². The maximum absolute atomic E-state index is 13.3. The molecule has 2 rings (SSSR count). The summed E-state index contributed by atoms with van der Waals surface area (Å²) in [5.41, 5.74) is -1.70. The third-order valence-corrected chi connectivity index (χ3v) is 4.00. The maximum atomic E-state index is 13.3. The highest BCUT2D eigenvalue weighted by molar-refractivity contribution is 6.02. The Labute approximate surface area is 148 Å². The number of unbranched alkanes of at least 4 members (excludes halogenated alkanes) is 1. The van der Waals surface area contributed by atoms with Crippen LogP contribution in [0.25, 0.3) is 0 Å². The summed E-state index contributed by atoms with van der Waals surface area (Å²) in [5, 5.41) is 0. The Bertz CT molecular complexity index is 690. The van der Waals surface area contributed by atoms with Gasteiger partial charge >= 0.3 is 12.1 Å². The number of nitrogens with zero attached hydrogens (tertiary/aromatic N) is 1. The molecule has 1 aliphatic heterocycles. The highest BCUT2D eigenvalue weighted by atomic mass is 19.4. The molecule has 0 saturated carbocycles. The monoisotopic (exact) mass is 375 g/mol. The van der Waals surface area contributed by atoms with Crippen molar-refractivity contribution >= 4 is 17.6 Å². The molecule has 1 unspecified atom stereocenters. The smallest absolute Gasteiger partial charge is 0.417 e. The van der Waals surface area contributed by atoms with Crippen molar-refractivity contribution in [2.24, 2.45) is 0 Å². The Kier molecular flexibility index (Phi) is 6.12. The van der Waals surface area contributed by atoms with E-state index in [0.717, 1.165) is 19.2 Å². The number of hydrogen-bond acceptors (Lipinski definition) is 5. The molecule has 0 radical (unpaired) electrons. The summed E-state index contributed by atoms with van der Waals surface area (Å²) in [4.78, 5) is 25.6. The minimum atomic E-state index is -4.77. The molecule has 1 amide bonds. The Morgan fingerprint density at radius 1 is 1.27 bits per heavy atom. The van der Waals surface area contributed by atoms with Gasteiger partial charge in [0, 0.05) is 20.3 Å². The molecule has 0 aromatic heterocycles. The number of hydrogen-bond donors (Lipinski definition) is 0. The van der Waals surface area contributed by atoms with Crippen LogP contribution in [0, 0.1) is 0 Å². The number of amides is 1. The Morgan fingerprint density at radius 2 is 1.96 bits per heavy atom. The number of methoxy groups -OCH3 is 2. The van der Waals surface area contributed by atoms with Gasteiger partial charge in [-0.15, -0.1) is 0 Å². The van der Waals surface area contributed by atoms with Gasteiger partial charge in [0.1, 0.15) is 5.75 Å². The largest absolute Gasteiger partial charge is 0.479 e. The summed E-state index contributed by atoms with van der Waals surface area (Å²) < 4.78 is 54.7. The first-order chi connectivity index (χ1) is 12.2. The standard InChI is InChI=1S/C17H20F3NO5/c1-10-15(22)21(6-4-5-7-24-2)13-8-11(16(23)25-3)12(17(18,19)20)9-14(13)26-10/h8-10H,4-7H2,1-3H3. The van der Waals surface area contributed by atoms with Crippen molar-refractivity contribution in [2.45, 2.75) is 32.0 Å². The van der Waals surface area contributed by atoms with Gasteiger partial charge in [-0.05, 0) is 31.9 Å². The van der Waals surface area contributed by atoms with E-state index in [-0.39, 0.29) is 23.9 Å². The molecule has 0 aliphatic carbocycles. The number of carbonyl (C=O) groups is 2. The lowest BCUT2D eigenvalue weighted by atomic mass is 10.0. The quantitative estimate of drug-likeness (QED) is 0.565. The van der Waals surface area contributed by atoms with Crippen molar-refractivity contribution < 1.29 is 37.0 Å². The summed E-state index contributed by atoms with van der Waals surface area (Å²) in [7, 11) is 2.55. The minimum absolute atomic E-state index is 0.0937. The first kappa shape index (κ1) is 20.0. The second-order valence-corrected chi connectivity index (χ2v) is 5.80. The summed E-state index contributed by atoms with van der Waals surface area (Å²) in [5.74, 6) is -1.61. The molecule has 1 aromatic rings. The van der Waals surface area contributed by atoms with Crippen LogP contribution in [-0.2, 0) is 20.4 Å². The molecule has 0 N–H and O–H groups in total. The highest BCUT2D eigenvalue weighted by Crippen LogP contribution is 2.42. The van der Waals surface area contributed by atoms with Crippen molar-refractivity contribution in [3.63, 3.8) is 0 Å². The number of fused-ring (bicyclic) bond motifs is 1. The van der Waals surface area contributed by atoms with Crippen LogP contribution in [0.2, 0.25) is 0 Å². The van der Waals surface area contributed by atoms with Gasteiger partial charge in [-0.2, -0.15) is 13.2 Å². The summed E-state index contributed by atoms with van der Waals surface area (Å²) in [6, 6.07) is 1.75. The predicted molar refractivity (Wildman–Crippen MR) is 86.3 cm³/mol. The first-order valence-electron chi connectivity index (χ1n) is 8.01. The molecular formula is C17H20F3NO5. The fourth-order valence-corrected chi connectivity index (χ4v) is 2.71. The van der Waals surface area contributed by atoms with Crippen LogP contribution in [0.5, 0.6) is 5.75 Å². The lowest BCUT2D eigenvalue weighted by Crippen LogP contribution is -2.45. The molecule has 1 atom stereocenters. The lowest BCUT2D eigenvalue weighted by molar-refractivity contribution is -0.138. The van der Waals surface area contributed by atoms with Crippen LogP contribution in [-0.4, -0.2) is 45.4 Å². The average Bonchev–Trinajstić information content (AvgIpc) is 2.59. The van der Waals surface area contributed by atoms with Crippen LogP contribution in [0.1, 0.15) is 35.7 Å². The Balaban J connectivity index is 2.48. The van der Waals surface area contributed by atoms with Gasteiger partial charge in [-0.1, -0.05) is 0 Å². The lowest BCUT2D eigenvalue weighted by Gasteiger charge is -2.34. The molecule has 0 spiro atoms. The van der Waals surface area contributed by atoms with Crippen molar-refractivity contribution in [3.8, 4) is 5.75 Å². The third-order valence-electron chi connectivity index (χ3n) is 4.00. The van der Waals surface area contributed by atoms with E-state index in [1.807, 2.05) is 0 Å². The number of alkyl halides is 3. The average molecular weight is 375 g/mol. The van der Waals surface area contributed by atoms with Crippen LogP contribution < -0.4 is 9.64 Å². The number of rotatable bonds is 6. The van der Waals surface area contributed by atoms with Crippen molar-refractivity contribution in [1.82, 2.24) is 0 Å². The fourth-order valence-electron chi connectivity index (χ4n) is 2.71. The van der Waals surface area contributed by atoms with E-state index in [9.17, 15) is 22.8 Å². The summed E-state index contributed by atoms with van der Waals surface area (Å²) >= 11 is 0. The van der Waals surface area contributed by atoms with Gasteiger partial charge in [0.05, 0.1) is 23.9 Å². The van der Waals surface area contributed by atoms with Gasteiger partial charge in [0.15, 0.2) is 6.10 Å². The molecular weight excluding hydrogens is 355 g/mol. The van der Waals surface area contributed by atoms with E-state index in [0.29, 0.717) is 19.4 Å².